The van der Waals surface area contributed by atoms with Crippen LogP contribution in [0.5, 0.6) is 0 Å². The van der Waals surface area contributed by atoms with Crippen molar-refractivity contribution < 1.29 is 4.74 Å². The largest absolute Gasteiger partial charge is 0.383 e. The van der Waals surface area contributed by atoms with Crippen LogP contribution < -0.4 is 10.2 Å². The Hall–Kier alpha value is -0.770. The van der Waals surface area contributed by atoms with Crippen molar-refractivity contribution in [1.29, 1.82) is 0 Å². The molecule has 1 aromatic carbocycles. The van der Waals surface area contributed by atoms with Crippen LogP contribution in [-0.4, -0.2) is 33.4 Å². The quantitative estimate of drug-likeness (QED) is 0.778. The summed E-state index contributed by atoms with van der Waals surface area (Å²) >= 11 is 6.35. The summed E-state index contributed by atoms with van der Waals surface area (Å²) < 4.78 is 5.05. The maximum atomic E-state index is 6.35. The Balaban J connectivity index is 2.06. The van der Waals surface area contributed by atoms with Crippen molar-refractivity contribution in [1.82, 2.24) is 5.32 Å². The molecular weight excluding hydrogens is 260 g/mol. The van der Waals surface area contributed by atoms with Gasteiger partial charge in [0, 0.05) is 49.6 Å². The van der Waals surface area contributed by atoms with Crippen molar-refractivity contribution in [2.75, 3.05) is 32.2 Å². The minimum absolute atomic E-state index is 0.677. The molecule has 0 heterocycles. The zero-order chi connectivity index (χ0) is 13.7. The lowest BCUT2D eigenvalue weighted by molar-refractivity contribution is 0.199. The fourth-order valence-corrected chi connectivity index (χ4v) is 2.65. The summed E-state index contributed by atoms with van der Waals surface area (Å²) in [7, 11) is 3.89. The monoisotopic (exact) mass is 282 g/mol. The molecule has 0 aromatic heterocycles. The van der Waals surface area contributed by atoms with Crippen molar-refractivity contribution in [3.63, 3.8) is 0 Å². The van der Waals surface area contributed by atoms with Crippen molar-refractivity contribution in [3.05, 3.63) is 28.8 Å². The van der Waals surface area contributed by atoms with E-state index < -0.39 is 0 Å². The van der Waals surface area contributed by atoms with E-state index in [1.807, 2.05) is 12.1 Å². The second-order valence-corrected chi connectivity index (χ2v) is 5.51. The molecule has 0 spiro atoms. The number of nitrogens with zero attached hydrogens (tertiary/aromatic N) is 1. The van der Waals surface area contributed by atoms with Gasteiger partial charge in [-0.05, 0) is 31.4 Å². The highest BCUT2D eigenvalue weighted by Gasteiger charge is 2.24. The number of hydrogen-bond donors (Lipinski definition) is 1. The first-order valence-electron chi connectivity index (χ1n) is 6.94. The highest BCUT2D eigenvalue weighted by molar-refractivity contribution is 6.31. The van der Waals surface area contributed by atoms with Crippen molar-refractivity contribution in [3.8, 4) is 0 Å². The third kappa shape index (κ3) is 3.62. The topological polar surface area (TPSA) is 24.5 Å². The lowest BCUT2D eigenvalue weighted by atomic mass is 9.91. The van der Waals surface area contributed by atoms with Gasteiger partial charge in [-0.3, -0.25) is 0 Å². The molecule has 2 rings (SSSR count). The number of nitrogens with one attached hydrogen (secondary N) is 1. The normalized spacial score (nSPS) is 15.3. The third-order valence-electron chi connectivity index (χ3n) is 3.88. The van der Waals surface area contributed by atoms with E-state index in [9.17, 15) is 0 Å². The molecule has 0 radical (unpaired) electrons. The van der Waals surface area contributed by atoms with E-state index in [4.69, 9.17) is 16.3 Å². The van der Waals surface area contributed by atoms with E-state index in [-0.39, 0.29) is 0 Å². The minimum Gasteiger partial charge on any atom is -0.383 e. The van der Waals surface area contributed by atoms with Crippen LogP contribution in [0.25, 0.3) is 0 Å². The van der Waals surface area contributed by atoms with Crippen molar-refractivity contribution in [2.45, 2.75) is 31.8 Å². The number of methoxy groups -OCH3 is 1. The minimum atomic E-state index is 0.677. The number of halogens is 1. The highest BCUT2D eigenvalue weighted by Crippen LogP contribution is 2.33. The van der Waals surface area contributed by atoms with Gasteiger partial charge >= 0.3 is 0 Å². The summed E-state index contributed by atoms with van der Waals surface area (Å²) in [5, 5.41) is 4.22. The summed E-state index contributed by atoms with van der Waals surface area (Å²) in [6.07, 6.45) is 3.93. The zero-order valence-electron chi connectivity index (χ0n) is 11.8. The molecule has 106 valence electrons. The Morgan fingerprint density at radius 2 is 2.21 bits per heavy atom. The van der Waals surface area contributed by atoms with E-state index in [0.29, 0.717) is 6.04 Å². The Kier molecular flexibility index (Phi) is 5.49. The number of benzene rings is 1. The summed E-state index contributed by atoms with van der Waals surface area (Å²) in [4.78, 5) is 2.38. The SMILES string of the molecule is COCCNCc1c(Cl)cccc1N(C)C1CCC1. The molecule has 0 saturated heterocycles. The van der Waals surface area contributed by atoms with Crippen LogP contribution >= 0.6 is 11.6 Å². The van der Waals surface area contributed by atoms with Gasteiger partial charge in [0.05, 0.1) is 6.61 Å². The molecular formula is C15H23ClN2O. The highest BCUT2D eigenvalue weighted by atomic mass is 35.5. The van der Waals surface area contributed by atoms with Gasteiger partial charge in [0.1, 0.15) is 0 Å². The van der Waals surface area contributed by atoms with E-state index in [1.54, 1.807) is 7.11 Å². The molecule has 1 aliphatic carbocycles. The molecule has 1 saturated carbocycles. The van der Waals surface area contributed by atoms with Crippen molar-refractivity contribution in [2.24, 2.45) is 0 Å². The van der Waals surface area contributed by atoms with Crippen molar-refractivity contribution >= 4 is 17.3 Å². The maximum Gasteiger partial charge on any atom is 0.0587 e. The van der Waals surface area contributed by atoms with Gasteiger partial charge < -0.3 is 15.0 Å². The second-order valence-electron chi connectivity index (χ2n) is 5.10. The standard InChI is InChI=1S/C15H23ClN2O/c1-18(12-5-3-6-12)15-8-4-7-14(16)13(15)11-17-9-10-19-2/h4,7-8,12,17H,3,5-6,9-11H2,1-2H3. The summed E-state index contributed by atoms with van der Waals surface area (Å²) in [6, 6.07) is 6.84. The van der Waals surface area contributed by atoms with Gasteiger partial charge in [-0.25, -0.2) is 0 Å². The van der Waals surface area contributed by atoms with Crippen LogP contribution in [0, 0.1) is 0 Å². The molecule has 0 aliphatic heterocycles. The lowest BCUT2D eigenvalue weighted by Crippen LogP contribution is -2.38. The van der Waals surface area contributed by atoms with Gasteiger partial charge in [-0.15, -0.1) is 0 Å². The molecule has 0 amide bonds. The second kappa shape index (κ2) is 7.13. The maximum absolute atomic E-state index is 6.35. The van der Waals surface area contributed by atoms with Crippen LogP contribution in [0.15, 0.2) is 18.2 Å². The summed E-state index contributed by atoms with van der Waals surface area (Å²) in [6.45, 7) is 2.35. The van der Waals surface area contributed by atoms with Crippen LogP contribution in [0.2, 0.25) is 5.02 Å². The van der Waals surface area contributed by atoms with Gasteiger partial charge in [0.2, 0.25) is 0 Å². The van der Waals surface area contributed by atoms with E-state index in [1.165, 1.54) is 30.5 Å². The Bertz CT molecular complexity index is 407. The van der Waals surface area contributed by atoms with Gasteiger partial charge in [-0.1, -0.05) is 17.7 Å². The van der Waals surface area contributed by atoms with E-state index in [0.717, 1.165) is 24.7 Å². The van der Waals surface area contributed by atoms with Crippen LogP contribution in [0.3, 0.4) is 0 Å². The number of hydrogen-bond acceptors (Lipinski definition) is 3. The molecule has 0 atom stereocenters. The van der Waals surface area contributed by atoms with Gasteiger partial charge in [0.15, 0.2) is 0 Å². The van der Waals surface area contributed by atoms with E-state index in [2.05, 4.69) is 23.3 Å². The molecule has 3 nitrogen and oxygen atoms in total. The molecule has 19 heavy (non-hydrogen) atoms. The predicted octanol–water partition coefficient (Wildman–Crippen LogP) is 3.06. The molecule has 1 N–H and O–H groups in total. The van der Waals surface area contributed by atoms with Crippen LogP contribution in [0.4, 0.5) is 5.69 Å². The third-order valence-corrected chi connectivity index (χ3v) is 4.24. The number of rotatable bonds is 7. The smallest absolute Gasteiger partial charge is 0.0587 e. The molecule has 1 fully saturated rings. The molecule has 1 aromatic rings. The fraction of sp³-hybridized carbons (Fsp3) is 0.600. The molecule has 4 heteroatoms. The Morgan fingerprint density at radius 1 is 1.42 bits per heavy atom. The average molecular weight is 283 g/mol. The Labute approximate surface area is 120 Å². The Morgan fingerprint density at radius 3 is 2.84 bits per heavy atom. The number of anilines is 1. The average Bonchev–Trinajstić information content (AvgIpc) is 2.33. The fourth-order valence-electron chi connectivity index (χ4n) is 2.41. The van der Waals surface area contributed by atoms with Gasteiger partial charge in [0.25, 0.3) is 0 Å². The first-order valence-corrected chi connectivity index (χ1v) is 7.31. The first kappa shape index (κ1) is 14.6. The summed E-state index contributed by atoms with van der Waals surface area (Å²) in [5.41, 5.74) is 2.44. The van der Waals surface area contributed by atoms with E-state index >= 15 is 0 Å². The van der Waals surface area contributed by atoms with Crippen LogP contribution in [0.1, 0.15) is 24.8 Å². The van der Waals surface area contributed by atoms with Crippen LogP contribution in [-0.2, 0) is 11.3 Å². The predicted molar refractivity (Wildman–Crippen MR) is 81.1 cm³/mol. The molecule has 0 unspecified atom stereocenters. The summed E-state index contributed by atoms with van der Waals surface area (Å²) in [5.74, 6) is 0. The number of ether oxygens (including phenoxy) is 1. The van der Waals surface area contributed by atoms with Gasteiger partial charge in [-0.2, -0.15) is 0 Å². The first-order chi connectivity index (χ1) is 9.24. The zero-order valence-corrected chi connectivity index (χ0v) is 12.5. The molecule has 0 bridgehead atoms. The molecule has 1 aliphatic rings. The lowest BCUT2D eigenvalue weighted by Gasteiger charge is -2.37.